The van der Waals surface area contributed by atoms with Gasteiger partial charge in [0.2, 0.25) is 0 Å². The van der Waals surface area contributed by atoms with E-state index in [1.54, 1.807) is 11.1 Å². The van der Waals surface area contributed by atoms with Crippen LogP contribution in [0, 0.1) is 5.92 Å². The Morgan fingerprint density at radius 3 is 2.58 bits per heavy atom. The molecule has 1 N–H and O–H groups in total. The summed E-state index contributed by atoms with van der Waals surface area (Å²) in [4.78, 5) is 0. The molecule has 3 atom stereocenters. The molecule has 106 valence electrons. The summed E-state index contributed by atoms with van der Waals surface area (Å²) < 4.78 is 0. The number of hydrogen-bond donors (Lipinski definition) is 1. The third-order valence-corrected chi connectivity index (χ3v) is 4.69. The van der Waals surface area contributed by atoms with Crippen molar-refractivity contribution in [1.29, 1.82) is 0 Å². The van der Waals surface area contributed by atoms with Crippen LogP contribution in [0.2, 0.25) is 0 Å². The van der Waals surface area contributed by atoms with Crippen molar-refractivity contribution in [3.63, 3.8) is 0 Å². The van der Waals surface area contributed by atoms with E-state index < -0.39 is 0 Å². The Labute approximate surface area is 118 Å². The van der Waals surface area contributed by atoms with Crippen LogP contribution in [-0.2, 0) is 12.8 Å². The molecule has 0 radical (unpaired) electrons. The minimum Gasteiger partial charge on any atom is -0.311 e. The molecule has 0 bridgehead atoms. The Morgan fingerprint density at radius 1 is 1.16 bits per heavy atom. The van der Waals surface area contributed by atoms with Crippen molar-refractivity contribution in [2.75, 3.05) is 0 Å². The molecule has 0 amide bonds. The van der Waals surface area contributed by atoms with Crippen LogP contribution < -0.4 is 5.32 Å². The van der Waals surface area contributed by atoms with Gasteiger partial charge in [0.05, 0.1) is 0 Å². The number of fused-ring (bicyclic) bond motifs is 1. The van der Waals surface area contributed by atoms with Gasteiger partial charge in [-0.05, 0) is 49.1 Å². The van der Waals surface area contributed by atoms with Crippen LogP contribution in [0.15, 0.2) is 24.3 Å². The summed E-state index contributed by atoms with van der Waals surface area (Å²) in [5.41, 5.74) is 3.13. The lowest BCUT2D eigenvalue weighted by Gasteiger charge is -2.30. The first kappa shape index (κ1) is 14.6. The molecule has 0 saturated heterocycles. The molecule has 0 heterocycles. The Kier molecular flexibility index (Phi) is 5.45. The van der Waals surface area contributed by atoms with Gasteiger partial charge in [-0.3, -0.25) is 0 Å². The standard InChI is InChI=1S/C18H29N/c1-4-14(3)12-17(5-2)19-18-11-10-15-8-6-7-9-16(15)13-18/h6-9,14,17-19H,4-5,10-13H2,1-3H3. The van der Waals surface area contributed by atoms with Crippen LogP contribution in [0.5, 0.6) is 0 Å². The maximum atomic E-state index is 3.91. The molecule has 1 nitrogen and oxygen atoms in total. The molecule has 0 aliphatic heterocycles. The van der Waals surface area contributed by atoms with E-state index in [0.717, 1.165) is 5.92 Å². The zero-order chi connectivity index (χ0) is 13.7. The normalized spacial score (nSPS) is 21.7. The lowest BCUT2D eigenvalue weighted by molar-refractivity contribution is 0.331. The molecular formula is C18H29N. The first-order valence-electron chi connectivity index (χ1n) is 8.05. The number of nitrogens with one attached hydrogen (secondary N) is 1. The minimum atomic E-state index is 0.684. The van der Waals surface area contributed by atoms with Crippen molar-refractivity contribution in [2.45, 2.75) is 71.4 Å². The second-order valence-corrected chi connectivity index (χ2v) is 6.23. The van der Waals surface area contributed by atoms with E-state index in [0.29, 0.717) is 12.1 Å². The minimum absolute atomic E-state index is 0.684. The summed E-state index contributed by atoms with van der Waals surface area (Å²) in [6, 6.07) is 10.3. The highest BCUT2D eigenvalue weighted by Gasteiger charge is 2.21. The van der Waals surface area contributed by atoms with Gasteiger partial charge < -0.3 is 5.32 Å². The van der Waals surface area contributed by atoms with Crippen LogP contribution in [0.3, 0.4) is 0 Å². The van der Waals surface area contributed by atoms with E-state index in [9.17, 15) is 0 Å². The highest BCUT2D eigenvalue weighted by molar-refractivity contribution is 5.30. The average molecular weight is 259 g/mol. The molecule has 2 rings (SSSR count). The van der Waals surface area contributed by atoms with Crippen LogP contribution in [0.25, 0.3) is 0 Å². The fourth-order valence-electron chi connectivity index (χ4n) is 3.18. The smallest absolute Gasteiger partial charge is 0.0113 e. The summed E-state index contributed by atoms with van der Waals surface area (Å²) >= 11 is 0. The van der Waals surface area contributed by atoms with Gasteiger partial charge in [0.1, 0.15) is 0 Å². The topological polar surface area (TPSA) is 12.0 Å². The van der Waals surface area contributed by atoms with Crippen molar-refractivity contribution < 1.29 is 0 Å². The van der Waals surface area contributed by atoms with Gasteiger partial charge in [-0.15, -0.1) is 0 Å². The molecule has 0 fully saturated rings. The monoisotopic (exact) mass is 259 g/mol. The number of rotatable bonds is 6. The van der Waals surface area contributed by atoms with Gasteiger partial charge in [0, 0.05) is 12.1 Å². The van der Waals surface area contributed by atoms with Gasteiger partial charge >= 0.3 is 0 Å². The van der Waals surface area contributed by atoms with E-state index in [1.807, 2.05) is 0 Å². The summed E-state index contributed by atoms with van der Waals surface area (Å²) in [7, 11) is 0. The number of hydrogen-bond acceptors (Lipinski definition) is 1. The van der Waals surface area contributed by atoms with Crippen LogP contribution in [0.4, 0.5) is 0 Å². The van der Waals surface area contributed by atoms with Crippen LogP contribution >= 0.6 is 0 Å². The molecule has 1 heteroatoms. The third kappa shape index (κ3) is 4.07. The quantitative estimate of drug-likeness (QED) is 0.801. The third-order valence-electron chi connectivity index (χ3n) is 4.69. The van der Waals surface area contributed by atoms with Crippen molar-refractivity contribution in [2.24, 2.45) is 5.92 Å². The Morgan fingerprint density at radius 2 is 1.89 bits per heavy atom. The van der Waals surface area contributed by atoms with E-state index in [1.165, 1.54) is 38.5 Å². The van der Waals surface area contributed by atoms with Crippen molar-refractivity contribution in [3.8, 4) is 0 Å². The highest BCUT2D eigenvalue weighted by Crippen LogP contribution is 2.22. The zero-order valence-corrected chi connectivity index (χ0v) is 12.8. The van der Waals surface area contributed by atoms with E-state index in [4.69, 9.17) is 0 Å². The molecule has 1 aromatic rings. The largest absolute Gasteiger partial charge is 0.311 e. The molecule has 0 aromatic heterocycles. The van der Waals surface area contributed by atoms with Crippen LogP contribution in [0.1, 0.15) is 57.6 Å². The van der Waals surface area contributed by atoms with E-state index >= 15 is 0 Å². The lowest BCUT2D eigenvalue weighted by atomic mass is 9.87. The molecule has 3 unspecified atom stereocenters. The predicted octanol–water partition coefficient (Wildman–Crippen LogP) is 4.35. The van der Waals surface area contributed by atoms with Crippen molar-refractivity contribution in [3.05, 3.63) is 35.4 Å². The highest BCUT2D eigenvalue weighted by atomic mass is 14.9. The summed E-state index contributed by atoms with van der Waals surface area (Å²) in [5.74, 6) is 0.841. The van der Waals surface area contributed by atoms with Gasteiger partial charge in [-0.1, -0.05) is 51.5 Å². The fraction of sp³-hybridized carbons (Fsp3) is 0.667. The molecule has 0 saturated carbocycles. The molecule has 19 heavy (non-hydrogen) atoms. The molecule has 1 aliphatic carbocycles. The number of benzene rings is 1. The fourth-order valence-corrected chi connectivity index (χ4v) is 3.18. The Hall–Kier alpha value is -0.820. The van der Waals surface area contributed by atoms with E-state index in [2.05, 4.69) is 50.4 Å². The predicted molar refractivity (Wildman–Crippen MR) is 83.5 cm³/mol. The molecule has 1 aromatic carbocycles. The van der Waals surface area contributed by atoms with Gasteiger partial charge in [0.15, 0.2) is 0 Å². The average Bonchev–Trinajstić information content (AvgIpc) is 2.46. The molecule has 1 aliphatic rings. The number of aryl methyl sites for hydroxylation is 1. The Balaban J connectivity index is 1.90. The zero-order valence-electron chi connectivity index (χ0n) is 12.8. The first-order chi connectivity index (χ1) is 9.22. The van der Waals surface area contributed by atoms with Gasteiger partial charge in [0.25, 0.3) is 0 Å². The molecule has 0 spiro atoms. The van der Waals surface area contributed by atoms with Crippen molar-refractivity contribution >= 4 is 0 Å². The van der Waals surface area contributed by atoms with E-state index in [-0.39, 0.29) is 0 Å². The summed E-state index contributed by atoms with van der Waals surface area (Å²) in [6.07, 6.45) is 7.63. The van der Waals surface area contributed by atoms with Gasteiger partial charge in [-0.2, -0.15) is 0 Å². The second-order valence-electron chi connectivity index (χ2n) is 6.23. The maximum absolute atomic E-state index is 3.91. The van der Waals surface area contributed by atoms with Crippen LogP contribution in [-0.4, -0.2) is 12.1 Å². The van der Waals surface area contributed by atoms with Crippen molar-refractivity contribution in [1.82, 2.24) is 5.32 Å². The maximum Gasteiger partial charge on any atom is 0.0113 e. The summed E-state index contributed by atoms with van der Waals surface area (Å²) in [5, 5.41) is 3.91. The SMILES string of the molecule is CCC(C)CC(CC)NC1CCc2ccccc2C1. The summed E-state index contributed by atoms with van der Waals surface area (Å²) in [6.45, 7) is 6.99. The second kappa shape index (κ2) is 7.09. The first-order valence-corrected chi connectivity index (χ1v) is 8.05. The Bertz CT molecular complexity index is 385. The molecular weight excluding hydrogens is 230 g/mol. The lowest BCUT2D eigenvalue weighted by Crippen LogP contribution is -2.42. The van der Waals surface area contributed by atoms with Gasteiger partial charge in [-0.25, -0.2) is 0 Å².